The fraction of sp³-hybridized carbons (Fsp3) is 0.217. The molecule has 0 aliphatic carbocycles. The molecule has 0 amide bonds. The Balaban J connectivity index is 1.90. The summed E-state index contributed by atoms with van der Waals surface area (Å²) in [5.74, 6) is 1.52. The zero-order valence-electron chi connectivity index (χ0n) is 16.1. The molecule has 0 N–H and O–H groups in total. The maximum atomic E-state index is 5.29. The van der Waals surface area contributed by atoms with Crippen LogP contribution in [-0.2, 0) is 5.41 Å². The molecule has 2 aromatic carbocycles. The van der Waals surface area contributed by atoms with Crippen molar-refractivity contribution in [1.29, 1.82) is 0 Å². The fourth-order valence-corrected chi connectivity index (χ4v) is 3.24. The molecule has 136 valence electrons. The number of methoxy groups -OCH3 is 1. The molecular weight excluding hydrogens is 334 g/mol. The van der Waals surface area contributed by atoms with Gasteiger partial charge in [0.15, 0.2) is 0 Å². The number of benzene rings is 2. The van der Waals surface area contributed by atoms with Gasteiger partial charge in [-0.1, -0.05) is 45.0 Å². The highest BCUT2D eigenvalue weighted by Gasteiger charge is 2.18. The molecular formula is C23H23N3O. The molecule has 0 radical (unpaired) electrons. The van der Waals surface area contributed by atoms with Gasteiger partial charge in [-0.05, 0) is 41.3 Å². The summed E-state index contributed by atoms with van der Waals surface area (Å²) in [5, 5.41) is 0. The Hall–Kier alpha value is -3.14. The van der Waals surface area contributed by atoms with Gasteiger partial charge in [0.25, 0.3) is 0 Å². The molecule has 0 spiro atoms. The van der Waals surface area contributed by atoms with Crippen LogP contribution in [0.3, 0.4) is 0 Å². The van der Waals surface area contributed by atoms with E-state index in [1.807, 2.05) is 40.9 Å². The Kier molecular flexibility index (Phi) is 4.19. The summed E-state index contributed by atoms with van der Waals surface area (Å²) in [4.78, 5) is 9.23. The normalized spacial score (nSPS) is 11.7. The van der Waals surface area contributed by atoms with Crippen LogP contribution in [0.2, 0.25) is 0 Å². The van der Waals surface area contributed by atoms with Crippen LogP contribution in [0.1, 0.15) is 26.3 Å². The monoisotopic (exact) mass is 357 g/mol. The highest BCUT2D eigenvalue weighted by atomic mass is 16.5. The number of fused-ring (bicyclic) bond motifs is 1. The number of rotatable bonds is 3. The van der Waals surface area contributed by atoms with Crippen molar-refractivity contribution >= 4 is 5.78 Å². The topological polar surface area (TPSA) is 39.4 Å². The van der Waals surface area contributed by atoms with E-state index in [-0.39, 0.29) is 5.41 Å². The van der Waals surface area contributed by atoms with Crippen LogP contribution in [0.4, 0.5) is 0 Å². The van der Waals surface area contributed by atoms with E-state index < -0.39 is 0 Å². The average molecular weight is 357 g/mol. The van der Waals surface area contributed by atoms with Crippen LogP contribution < -0.4 is 4.74 Å². The third-order valence-electron chi connectivity index (χ3n) is 4.79. The third-order valence-corrected chi connectivity index (χ3v) is 4.79. The largest absolute Gasteiger partial charge is 0.497 e. The van der Waals surface area contributed by atoms with Gasteiger partial charge in [-0.15, -0.1) is 0 Å². The smallest absolute Gasteiger partial charge is 0.234 e. The van der Waals surface area contributed by atoms with Crippen molar-refractivity contribution in [3.63, 3.8) is 0 Å². The summed E-state index contributed by atoms with van der Waals surface area (Å²) in [6.07, 6.45) is 3.78. The van der Waals surface area contributed by atoms with Gasteiger partial charge in [0.2, 0.25) is 5.78 Å². The number of hydrogen-bond donors (Lipinski definition) is 0. The molecule has 0 unspecified atom stereocenters. The van der Waals surface area contributed by atoms with Crippen LogP contribution in [-0.4, -0.2) is 21.5 Å². The maximum absolute atomic E-state index is 5.29. The molecule has 4 heteroatoms. The summed E-state index contributed by atoms with van der Waals surface area (Å²) in [6.45, 7) is 6.68. The van der Waals surface area contributed by atoms with Gasteiger partial charge in [-0.25, -0.2) is 9.97 Å². The minimum atomic E-state index is 0.123. The lowest BCUT2D eigenvalue weighted by Gasteiger charge is -2.19. The van der Waals surface area contributed by atoms with Crippen LogP contribution in [0, 0.1) is 0 Å². The first kappa shape index (κ1) is 17.3. The summed E-state index contributed by atoms with van der Waals surface area (Å²) in [7, 11) is 1.67. The molecule has 0 aliphatic heterocycles. The van der Waals surface area contributed by atoms with Crippen LogP contribution in [0.5, 0.6) is 5.75 Å². The highest BCUT2D eigenvalue weighted by Crippen LogP contribution is 2.34. The van der Waals surface area contributed by atoms with Crippen molar-refractivity contribution in [3.8, 4) is 28.3 Å². The Labute approximate surface area is 159 Å². The highest BCUT2D eigenvalue weighted by molar-refractivity contribution is 5.81. The molecule has 4 aromatic rings. The van der Waals surface area contributed by atoms with E-state index in [4.69, 9.17) is 9.72 Å². The fourth-order valence-electron chi connectivity index (χ4n) is 3.24. The van der Waals surface area contributed by atoms with Crippen molar-refractivity contribution in [1.82, 2.24) is 14.4 Å². The minimum Gasteiger partial charge on any atom is -0.497 e. The number of ether oxygens (including phenoxy) is 1. The number of hydrogen-bond acceptors (Lipinski definition) is 3. The van der Waals surface area contributed by atoms with Gasteiger partial charge in [-0.3, -0.25) is 4.40 Å². The first-order chi connectivity index (χ1) is 13.0. The van der Waals surface area contributed by atoms with Gasteiger partial charge in [0, 0.05) is 23.5 Å². The lowest BCUT2D eigenvalue weighted by molar-refractivity contribution is 0.415. The Bertz CT molecular complexity index is 1070. The molecule has 0 atom stereocenters. The summed E-state index contributed by atoms with van der Waals surface area (Å²) >= 11 is 0. The molecule has 0 aliphatic rings. The zero-order valence-corrected chi connectivity index (χ0v) is 16.1. The molecule has 27 heavy (non-hydrogen) atoms. The molecule has 2 aromatic heterocycles. The number of aromatic nitrogens is 3. The van der Waals surface area contributed by atoms with Crippen molar-refractivity contribution in [3.05, 3.63) is 72.6 Å². The quantitative estimate of drug-likeness (QED) is 0.495. The third kappa shape index (κ3) is 3.19. The molecule has 2 heterocycles. The molecule has 0 saturated heterocycles. The summed E-state index contributed by atoms with van der Waals surface area (Å²) in [5.41, 5.74) is 5.55. The average Bonchev–Trinajstić information content (AvgIpc) is 3.07. The van der Waals surface area contributed by atoms with Gasteiger partial charge in [0.05, 0.1) is 18.5 Å². The maximum Gasteiger partial charge on any atom is 0.234 e. The molecule has 4 nitrogen and oxygen atoms in total. The van der Waals surface area contributed by atoms with Crippen molar-refractivity contribution < 1.29 is 4.74 Å². The minimum absolute atomic E-state index is 0.123. The van der Waals surface area contributed by atoms with E-state index in [2.05, 4.69) is 50.0 Å². The summed E-state index contributed by atoms with van der Waals surface area (Å²) in [6, 6.07) is 18.7. The van der Waals surface area contributed by atoms with E-state index in [1.165, 1.54) is 5.56 Å². The van der Waals surface area contributed by atoms with E-state index >= 15 is 0 Å². The predicted octanol–water partition coefficient (Wildman–Crippen LogP) is 5.37. The van der Waals surface area contributed by atoms with Crippen LogP contribution in [0.25, 0.3) is 28.3 Å². The molecule has 0 saturated carbocycles. The van der Waals surface area contributed by atoms with E-state index in [0.29, 0.717) is 5.78 Å². The van der Waals surface area contributed by atoms with E-state index in [9.17, 15) is 0 Å². The Morgan fingerprint density at radius 1 is 0.889 bits per heavy atom. The van der Waals surface area contributed by atoms with E-state index in [1.54, 1.807) is 13.3 Å². The molecule has 4 rings (SSSR count). The van der Waals surface area contributed by atoms with Crippen molar-refractivity contribution in [2.75, 3.05) is 7.11 Å². The van der Waals surface area contributed by atoms with Crippen LogP contribution >= 0.6 is 0 Å². The Morgan fingerprint density at radius 2 is 1.56 bits per heavy atom. The zero-order chi connectivity index (χ0) is 19.0. The molecule has 0 bridgehead atoms. The van der Waals surface area contributed by atoms with Gasteiger partial charge < -0.3 is 4.74 Å². The summed E-state index contributed by atoms with van der Waals surface area (Å²) < 4.78 is 7.33. The number of imidazole rings is 1. The first-order valence-electron chi connectivity index (χ1n) is 9.06. The SMILES string of the molecule is COc1ccc(-c2nc3ncccn3c2-c2ccc(C(C)(C)C)cc2)cc1. The van der Waals surface area contributed by atoms with Gasteiger partial charge in [0.1, 0.15) is 5.75 Å². The first-order valence-corrected chi connectivity index (χ1v) is 9.06. The second kappa shape index (κ2) is 6.54. The van der Waals surface area contributed by atoms with E-state index in [0.717, 1.165) is 28.3 Å². The van der Waals surface area contributed by atoms with Crippen LogP contribution in [0.15, 0.2) is 67.0 Å². The number of nitrogens with zero attached hydrogens (tertiary/aromatic N) is 3. The second-order valence-corrected chi connectivity index (χ2v) is 7.65. The standard InChI is InChI=1S/C23H23N3O/c1-23(2,3)18-10-6-17(7-11-18)21-20(16-8-12-19(27-4)13-9-16)25-22-24-14-5-15-26(21)22/h5-15H,1-4H3. The lowest BCUT2D eigenvalue weighted by atomic mass is 9.86. The van der Waals surface area contributed by atoms with Crippen molar-refractivity contribution in [2.45, 2.75) is 26.2 Å². The van der Waals surface area contributed by atoms with Crippen molar-refractivity contribution in [2.24, 2.45) is 0 Å². The van der Waals surface area contributed by atoms with Gasteiger partial charge >= 0.3 is 0 Å². The lowest BCUT2D eigenvalue weighted by Crippen LogP contribution is -2.10. The predicted molar refractivity (Wildman–Crippen MR) is 109 cm³/mol. The molecule has 0 fully saturated rings. The Morgan fingerprint density at radius 3 is 2.19 bits per heavy atom. The second-order valence-electron chi connectivity index (χ2n) is 7.65. The van der Waals surface area contributed by atoms with Gasteiger partial charge in [-0.2, -0.15) is 0 Å².